The lowest BCUT2D eigenvalue weighted by Crippen LogP contribution is -2.51. The second-order valence-electron chi connectivity index (χ2n) is 9.34. The minimum atomic E-state index is -0.892. The van der Waals surface area contributed by atoms with E-state index >= 15 is 0 Å². The van der Waals surface area contributed by atoms with Gasteiger partial charge in [0.2, 0.25) is 0 Å². The molecule has 0 spiro atoms. The van der Waals surface area contributed by atoms with Gasteiger partial charge in [-0.05, 0) is 67.6 Å². The summed E-state index contributed by atoms with van der Waals surface area (Å²) in [6, 6.07) is 22.9. The number of fused-ring (bicyclic) bond motifs is 1. The summed E-state index contributed by atoms with van der Waals surface area (Å²) >= 11 is 0. The van der Waals surface area contributed by atoms with E-state index in [1.54, 1.807) is 36.4 Å². The van der Waals surface area contributed by atoms with Gasteiger partial charge in [-0.3, -0.25) is 29.3 Å². The third kappa shape index (κ3) is 5.39. The van der Waals surface area contributed by atoms with E-state index in [1.807, 2.05) is 6.92 Å². The molecular weight excluding hydrogens is 542 g/mol. The van der Waals surface area contributed by atoms with Crippen molar-refractivity contribution in [2.75, 3.05) is 6.54 Å². The standard InChI is InChI=1S/C31H21N3O8/c1-19-6-8-22(9-7-19)31(39)42-24-16-12-20(13-17-24)27(35)18-32(28(36)21-10-14-23(15-11-21)34(40)41)33-29(37)25-4-2-3-5-26(25)30(33)38/h2-17H,18H2,1H3. The number of carbonyl (C=O) groups excluding carboxylic acids is 5. The first-order chi connectivity index (χ1) is 20.1. The fourth-order valence-corrected chi connectivity index (χ4v) is 4.30. The average Bonchev–Trinajstić information content (AvgIpc) is 3.25. The Kier molecular flexibility index (Phi) is 7.40. The van der Waals surface area contributed by atoms with Gasteiger partial charge in [-0.15, -0.1) is 0 Å². The Morgan fingerprint density at radius 1 is 0.762 bits per heavy atom. The fourth-order valence-electron chi connectivity index (χ4n) is 4.30. The van der Waals surface area contributed by atoms with Gasteiger partial charge in [0.1, 0.15) is 12.3 Å². The second-order valence-corrected chi connectivity index (χ2v) is 9.34. The molecule has 3 amide bonds. The molecule has 0 bridgehead atoms. The van der Waals surface area contributed by atoms with Gasteiger partial charge >= 0.3 is 5.97 Å². The maximum absolute atomic E-state index is 13.6. The van der Waals surface area contributed by atoms with Gasteiger partial charge in [0.25, 0.3) is 23.4 Å². The number of ketones is 1. The zero-order valence-corrected chi connectivity index (χ0v) is 22.1. The van der Waals surface area contributed by atoms with E-state index in [0.717, 1.165) is 22.7 Å². The molecule has 0 unspecified atom stereocenters. The van der Waals surface area contributed by atoms with Gasteiger partial charge < -0.3 is 4.74 Å². The van der Waals surface area contributed by atoms with Crippen molar-refractivity contribution in [1.82, 2.24) is 10.0 Å². The number of nitro benzene ring substituents is 1. The molecule has 0 saturated carbocycles. The Morgan fingerprint density at radius 2 is 1.29 bits per heavy atom. The summed E-state index contributed by atoms with van der Waals surface area (Å²) in [6.45, 7) is 1.18. The van der Waals surface area contributed by atoms with E-state index in [-0.39, 0.29) is 33.7 Å². The molecule has 42 heavy (non-hydrogen) atoms. The van der Waals surface area contributed by atoms with Crippen LogP contribution in [0.5, 0.6) is 5.75 Å². The zero-order valence-electron chi connectivity index (χ0n) is 22.1. The molecule has 0 atom stereocenters. The lowest BCUT2D eigenvalue weighted by molar-refractivity contribution is -0.384. The molecule has 4 aromatic carbocycles. The van der Waals surface area contributed by atoms with E-state index < -0.39 is 40.9 Å². The van der Waals surface area contributed by atoms with Crippen molar-refractivity contribution in [2.24, 2.45) is 0 Å². The maximum Gasteiger partial charge on any atom is 0.343 e. The van der Waals surface area contributed by atoms with Crippen LogP contribution in [-0.4, -0.2) is 51.0 Å². The number of hydrazine groups is 1. The molecule has 4 aromatic rings. The van der Waals surface area contributed by atoms with Crippen LogP contribution in [0.15, 0.2) is 97.1 Å². The summed E-state index contributed by atoms with van der Waals surface area (Å²) in [4.78, 5) is 76.1. The quantitative estimate of drug-likeness (QED) is 0.0752. The van der Waals surface area contributed by atoms with Crippen molar-refractivity contribution in [3.8, 4) is 5.75 Å². The number of nitrogens with zero attached hydrogens (tertiary/aromatic N) is 3. The zero-order chi connectivity index (χ0) is 30.0. The molecule has 1 aliphatic heterocycles. The minimum absolute atomic E-state index is 0.0659. The van der Waals surface area contributed by atoms with Gasteiger partial charge in [0.05, 0.1) is 21.6 Å². The molecule has 11 heteroatoms. The van der Waals surface area contributed by atoms with Crippen molar-refractivity contribution in [2.45, 2.75) is 6.92 Å². The summed E-state index contributed by atoms with van der Waals surface area (Å²) in [5.74, 6) is -3.51. The Bertz CT molecular complexity index is 1710. The van der Waals surface area contributed by atoms with Gasteiger partial charge in [-0.2, -0.15) is 5.01 Å². The largest absolute Gasteiger partial charge is 0.423 e. The maximum atomic E-state index is 13.6. The number of carbonyl (C=O) groups is 5. The molecule has 0 aromatic heterocycles. The Labute approximate surface area is 238 Å². The summed E-state index contributed by atoms with van der Waals surface area (Å²) in [5, 5.41) is 12.4. The SMILES string of the molecule is Cc1ccc(C(=O)Oc2ccc(C(=O)CN(C(=O)c3ccc([N+](=O)[O-])cc3)N3C(=O)c4ccccc4C3=O)cc2)cc1. The Morgan fingerprint density at radius 3 is 1.83 bits per heavy atom. The van der Waals surface area contributed by atoms with E-state index in [2.05, 4.69) is 0 Å². The number of esters is 1. The smallest absolute Gasteiger partial charge is 0.343 e. The molecule has 0 saturated heterocycles. The predicted molar refractivity (Wildman–Crippen MR) is 148 cm³/mol. The van der Waals surface area contributed by atoms with Crippen LogP contribution in [0.2, 0.25) is 0 Å². The summed E-state index contributed by atoms with van der Waals surface area (Å²) < 4.78 is 5.36. The molecular formula is C31H21N3O8. The third-order valence-corrected chi connectivity index (χ3v) is 6.54. The highest BCUT2D eigenvalue weighted by Crippen LogP contribution is 2.26. The second kappa shape index (κ2) is 11.3. The number of benzene rings is 4. The third-order valence-electron chi connectivity index (χ3n) is 6.54. The van der Waals surface area contributed by atoms with Crippen molar-refractivity contribution >= 4 is 35.2 Å². The van der Waals surface area contributed by atoms with Crippen LogP contribution in [0, 0.1) is 17.0 Å². The first-order valence-electron chi connectivity index (χ1n) is 12.6. The summed E-state index contributed by atoms with van der Waals surface area (Å²) in [6.07, 6.45) is 0. The number of ether oxygens (including phenoxy) is 1. The average molecular weight is 564 g/mol. The molecule has 0 fully saturated rings. The van der Waals surface area contributed by atoms with Crippen LogP contribution in [0.3, 0.4) is 0 Å². The molecule has 0 radical (unpaired) electrons. The number of imide groups is 1. The molecule has 0 aliphatic carbocycles. The van der Waals surface area contributed by atoms with Crippen LogP contribution >= 0.6 is 0 Å². The van der Waals surface area contributed by atoms with Gasteiger partial charge in [0.15, 0.2) is 5.78 Å². The first kappa shape index (κ1) is 27.6. The van der Waals surface area contributed by atoms with Crippen molar-refractivity contribution in [3.05, 3.63) is 141 Å². The van der Waals surface area contributed by atoms with Crippen LogP contribution < -0.4 is 4.74 Å². The number of aryl methyl sites for hydroxylation is 1. The van der Waals surface area contributed by atoms with Crippen molar-refractivity contribution in [3.63, 3.8) is 0 Å². The van der Waals surface area contributed by atoms with Crippen molar-refractivity contribution in [1.29, 1.82) is 0 Å². The molecule has 5 rings (SSSR count). The number of nitro groups is 1. The molecule has 11 nitrogen and oxygen atoms in total. The van der Waals surface area contributed by atoms with E-state index in [1.165, 1.54) is 48.5 Å². The highest BCUT2D eigenvalue weighted by Gasteiger charge is 2.42. The highest BCUT2D eigenvalue weighted by molar-refractivity contribution is 6.22. The van der Waals surface area contributed by atoms with Gasteiger partial charge in [0, 0.05) is 23.3 Å². The molecule has 1 aliphatic rings. The number of rotatable bonds is 8. The first-order valence-corrected chi connectivity index (χ1v) is 12.6. The van der Waals surface area contributed by atoms with E-state index in [9.17, 15) is 34.1 Å². The normalized spacial score (nSPS) is 12.1. The molecule has 208 valence electrons. The number of hydrogen-bond acceptors (Lipinski definition) is 8. The Hall–Kier alpha value is -5.97. The predicted octanol–water partition coefficient (Wildman–Crippen LogP) is 4.66. The summed E-state index contributed by atoms with van der Waals surface area (Å²) in [7, 11) is 0. The lowest BCUT2D eigenvalue weighted by atomic mass is 10.1. The van der Waals surface area contributed by atoms with Crippen LogP contribution in [0.1, 0.15) is 57.4 Å². The molecule has 1 heterocycles. The van der Waals surface area contributed by atoms with Gasteiger partial charge in [-0.25, -0.2) is 9.80 Å². The highest BCUT2D eigenvalue weighted by atomic mass is 16.6. The van der Waals surface area contributed by atoms with E-state index in [4.69, 9.17) is 4.74 Å². The minimum Gasteiger partial charge on any atom is -0.423 e. The number of non-ortho nitro benzene ring substituents is 1. The topological polar surface area (TPSA) is 144 Å². The van der Waals surface area contributed by atoms with Crippen LogP contribution in [0.25, 0.3) is 0 Å². The number of hydrogen-bond donors (Lipinski definition) is 0. The fraction of sp³-hybridized carbons (Fsp3) is 0.0645. The van der Waals surface area contributed by atoms with Gasteiger partial charge in [-0.1, -0.05) is 29.8 Å². The lowest BCUT2D eigenvalue weighted by Gasteiger charge is -2.29. The van der Waals surface area contributed by atoms with Crippen LogP contribution in [0.4, 0.5) is 5.69 Å². The van der Waals surface area contributed by atoms with E-state index in [0.29, 0.717) is 10.6 Å². The number of amides is 3. The Balaban J connectivity index is 1.39. The number of Topliss-reactive ketones (excluding diaryl/α,β-unsaturated/α-hetero) is 1. The summed E-state index contributed by atoms with van der Waals surface area (Å²) in [5.41, 5.74) is 1.23. The monoisotopic (exact) mass is 563 g/mol. The van der Waals surface area contributed by atoms with Crippen molar-refractivity contribution < 1.29 is 33.6 Å². The molecule has 0 N–H and O–H groups in total. The van der Waals surface area contributed by atoms with Crippen LogP contribution in [-0.2, 0) is 0 Å².